The Kier molecular flexibility index (Phi) is 4.74. The quantitative estimate of drug-likeness (QED) is 0.850. The predicted octanol–water partition coefficient (Wildman–Crippen LogP) is 1.29. The lowest BCUT2D eigenvalue weighted by Crippen LogP contribution is -2.46. The summed E-state index contributed by atoms with van der Waals surface area (Å²) in [6.07, 6.45) is 1.26. The molecular formula is C15H19NO4. The minimum absolute atomic E-state index is 0.272. The van der Waals surface area contributed by atoms with Crippen molar-refractivity contribution >= 4 is 11.9 Å². The number of hydrogen-bond acceptors (Lipinski definition) is 3. The van der Waals surface area contributed by atoms with E-state index in [-0.39, 0.29) is 12.3 Å². The Bertz CT molecular complexity index is 477. The van der Waals surface area contributed by atoms with Gasteiger partial charge in [0, 0.05) is 13.0 Å². The molecule has 1 fully saturated rings. The Morgan fingerprint density at radius 3 is 2.65 bits per heavy atom. The van der Waals surface area contributed by atoms with Gasteiger partial charge in [0.2, 0.25) is 5.91 Å². The third-order valence-corrected chi connectivity index (χ3v) is 3.40. The highest BCUT2D eigenvalue weighted by atomic mass is 16.5. The van der Waals surface area contributed by atoms with Crippen LogP contribution in [0.3, 0.4) is 0 Å². The third kappa shape index (κ3) is 3.81. The number of amides is 1. The van der Waals surface area contributed by atoms with E-state index in [0.717, 1.165) is 17.5 Å². The van der Waals surface area contributed by atoms with Gasteiger partial charge >= 0.3 is 5.97 Å². The molecule has 1 aromatic carbocycles. The lowest BCUT2D eigenvalue weighted by atomic mass is 10.0. The molecular weight excluding hydrogens is 258 g/mol. The summed E-state index contributed by atoms with van der Waals surface area (Å²) in [7, 11) is 0. The molecule has 2 atom stereocenters. The fourth-order valence-electron chi connectivity index (χ4n) is 2.21. The van der Waals surface area contributed by atoms with Crippen molar-refractivity contribution in [1.29, 1.82) is 0 Å². The van der Waals surface area contributed by atoms with Gasteiger partial charge in [-0.15, -0.1) is 0 Å². The first-order valence-electron chi connectivity index (χ1n) is 6.76. The molecule has 1 saturated heterocycles. The molecule has 0 spiro atoms. The number of carbonyl (C=O) groups is 2. The molecule has 1 aromatic rings. The number of carbonyl (C=O) groups excluding carboxylic acids is 1. The zero-order valence-corrected chi connectivity index (χ0v) is 11.5. The number of nitrogens with one attached hydrogen (secondary N) is 1. The smallest absolute Gasteiger partial charge is 0.326 e. The monoisotopic (exact) mass is 277 g/mol. The number of aryl methyl sites for hydroxylation is 1. The fraction of sp³-hybridized carbons (Fsp3) is 0.467. The van der Waals surface area contributed by atoms with Crippen LogP contribution in [0, 0.1) is 6.92 Å². The van der Waals surface area contributed by atoms with Crippen LogP contribution in [0.15, 0.2) is 24.3 Å². The number of carboxylic acid groups (broad SMARTS) is 1. The summed E-state index contributed by atoms with van der Waals surface area (Å²) in [5, 5.41) is 11.8. The van der Waals surface area contributed by atoms with Gasteiger partial charge < -0.3 is 15.2 Å². The van der Waals surface area contributed by atoms with Crippen LogP contribution in [0.5, 0.6) is 0 Å². The van der Waals surface area contributed by atoms with Gasteiger partial charge in [0.15, 0.2) is 0 Å². The maximum absolute atomic E-state index is 11.9. The van der Waals surface area contributed by atoms with E-state index < -0.39 is 18.1 Å². The topological polar surface area (TPSA) is 75.6 Å². The van der Waals surface area contributed by atoms with E-state index >= 15 is 0 Å². The van der Waals surface area contributed by atoms with Crippen molar-refractivity contribution in [2.75, 3.05) is 6.61 Å². The molecule has 2 rings (SSSR count). The summed E-state index contributed by atoms with van der Waals surface area (Å²) >= 11 is 0. The van der Waals surface area contributed by atoms with Crippen molar-refractivity contribution in [1.82, 2.24) is 5.32 Å². The lowest BCUT2D eigenvalue weighted by molar-refractivity contribution is -0.143. The van der Waals surface area contributed by atoms with Gasteiger partial charge in [0.1, 0.15) is 12.1 Å². The number of benzene rings is 1. The predicted molar refractivity (Wildman–Crippen MR) is 73.4 cm³/mol. The molecule has 0 saturated carbocycles. The first-order valence-corrected chi connectivity index (χ1v) is 6.76. The molecule has 1 aliphatic heterocycles. The van der Waals surface area contributed by atoms with Gasteiger partial charge in [-0.2, -0.15) is 0 Å². The lowest BCUT2D eigenvalue weighted by Gasteiger charge is -2.17. The summed E-state index contributed by atoms with van der Waals surface area (Å²) in [5.74, 6) is -1.36. The molecule has 0 unspecified atom stereocenters. The summed E-state index contributed by atoms with van der Waals surface area (Å²) in [5.41, 5.74) is 2.00. The zero-order chi connectivity index (χ0) is 14.5. The highest BCUT2D eigenvalue weighted by Crippen LogP contribution is 2.13. The average Bonchev–Trinajstić information content (AvgIpc) is 2.94. The molecule has 0 aliphatic carbocycles. The minimum atomic E-state index is -1.03. The number of carboxylic acids is 1. The minimum Gasteiger partial charge on any atom is -0.480 e. The van der Waals surface area contributed by atoms with Gasteiger partial charge in [0.25, 0.3) is 0 Å². The molecule has 1 aliphatic rings. The highest BCUT2D eigenvalue weighted by Gasteiger charge is 2.28. The molecule has 1 amide bonds. The molecule has 0 radical (unpaired) electrons. The van der Waals surface area contributed by atoms with E-state index in [1.54, 1.807) is 0 Å². The zero-order valence-electron chi connectivity index (χ0n) is 11.5. The van der Waals surface area contributed by atoms with Gasteiger partial charge in [-0.3, -0.25) is 4.79 Å². The molecule has 5 heteroatoms. The summed E-state index contributed by atoms with van der Waals surface area (Å²) in [6, 6.07) is 6.69. The largest absolute Gasteiger partial charge is 0.480 e. The van der Waals surface area contributed by atoms with E-state index in [1.807, 2.05) is 31.2 Å². The third-order valence-electron chi connectivity index (χ3n) is 3.40. The Labute approximate surface area is 117 Å². The van der Waals surface area contributed by atoms with Gasteiger partial charge in [-0.25, -0.2) is 4.79 Å². The van der Waals surface area contributed by atoms with Crippen molar-refractivity contribution < 1.29 is 19.4 Å². The second kappa shape index (κ2) is 6.52. The number of hydrogen-bond donors (Lipinski definition) is 2. The molecule has 20 heavy (non-hydrogen) atoms. The summed E-state index contributed by atoms with van der Waals surface area (Å²) < 4.78 is 5.26. The Morgan fingerprint density at radius 1 is 1.40 bits per heavy atom. The van der Waals surface area contributed by atoms with E-state index in [2.05, 4.69) is 5.32 Å². The Morgan fingerprint density at radius 2 is 2.10 bits per heavy atom. The van der Waals surface area contributed by atoms with E-state index in [0.29, 0.717) is 13.0 Å². The van der Waals surface area contributed by atoms with Crippen molar-refractivity contribution in [3.05, 3.63) is 35.4 Å². The molecule has 5 nitrogen and oxygen atoms in total. The van der Waals surface area contributed by atoms with Crippen LogP contribution >= 0.6 is 0 Å². The van der Waals surface area contributed by atoms with Crippen molar-refractivity contribution in [3.63, 3.8) is 0 Å². The van der Waals surface area contributed by atoms with Crippen LogP contribution in [-0.2, 0) is 20.7 Å². The van der Waals surface area contributed by atoms with E-state index in [9.17, 15) is 14.7 Å². The maximum atomic E-state index is 11.9. The first kappa shape index (κ1) is 14.5. The van der Waals surface area contributed by atoms with Gasteiger partial charge in [-0.1, -0.05) is 29.8 Å². The van der Waals surface area contributed by atoms with E-state index in [4.69, 9.17) is 4.74 Å². The first-order chi connectivity index (χ1) is 9.56. The normalized spacial score (nSPS) is 19.6. The molecule has 108 valence electrons. The second-order valence-corrected chi connectivity index (χ2v) is 5.09. The SMILES string of the molecule is Cc1ccc(C[C@H](NC(=O)[C@H]2CCCO2)C(=O)O)cc1. The van der Waals surface area contributed by atoms with Crippen LogP contribution in [-0.4, -0.2) is 35.7 Å². The fourth-order valence-corrected chi connectivity index (χ4v) is 2.21. The summed E-state index contributed by atoms with van der Waals surface area (Å²) in [4.78, 5) is 23.2. The maximum Gasteiger partial charge on any atom is 0.326 e. The number of aliphatic carboxylic acids is 1. The highest BCUT2D eigenvalue weighted by molar-refractivity contribution is 5.86. The molecule has 0 aromatic heterocycles. The van der Waals surface area contributed by atoms with Crippen LogP contribution in [0.25, 0.3) is 0 Å². The average molecular weight is 277 g/mol. The van der Waals surface area contributed by atoms with Gasteiger partial charge in [0.05, 0.1) is 0 Å². The van der Waals surface area contributed by atoms with Crippen LogP contribution in [0.4, 0.5) is 0 Å². The molecule has 2 N–H and O–H groups in total. The van der Waals surface area contributed by atoms with Gasteiger partial charge in [-0.05, 0) is 25.3 Å². The van der Waals surface area contributed by atoms with E-state index in [1.165, 1.54) is 0 Å². The number of ether oxygens (including phenoxy) is 1. The summed E-state index contributed by atoms with van der Waals surface area (Å²) in [6.45, 7) is 2.53. The Hall–Kier alpha value is -1.88. The molecule has 1 heterocycles. The standard InChI is InChI=1S/C15H19NO4/c1-10-4-6-11(7-5-10)9-12(15(18)19)16-14(17)13-3-2-8-20-13/h4-7,12-13H,2-3,8-9H2,1H3,(H,16,17)(H,18,19)/t12-,13+/m0/s1. The van der Waals surface area contributed by atoms with Crippen molar-refractivity contribution in [2.24, 2.45) is 0 Å². The van der Waals surface area contributed by atoms with Crippen LogP contribution in [0.1, 0.15) is 24.0 Å². The molecule has 0 bridgehead atoms. The van der Waals surface area contributed by atoms with Crippen LogP contribution in [0.2, 0.25) is 0 Å². The second-order valence-electron chi connectivity index (χ2n) is 5.09. The van der Waals surface area contributed by atoms with Crippen LogP contribution < -0.4 is 5.32 Å². The Balaban J connectivity index is 1.98. The van der Waals surface area contributed by atoms with Crippen molar-refractivity contribution in [3.8, 4) is 0 Å². The van der Waals surface area contributed by atoms with Crippen molar-refractivity contribution in [2.45, 2.75) is 38.3 Å². The number of rotatable bonds is 5.